The van der Waals surface area contributed by atoms with E-state index in [1.54, 1.807) is 0 Å². The SMILES string of the molecule is C[C@@H]1CCCOC1OCC(C)(C)COCC(C)(C)CN. The minimum atomic E-state index is -0.0523. The lowest BCUT2D eigenvalue weighted by Crippen LogP contribution is -2.36. The molecule has 4 heteroatoms. The van der Waals surface area contributed by atoms with Gasteiger partial charge in [0.1, 0.15) is 0 Å². The fourth-order valence-corrected chi connectivity index (χ4v) is 2.13. The summed E-state index contributed by atoms with van der Waals surface area (Å²) >= 11 is 0. The molecule has 2 N–H and O–H groups in total. The minimum Gasteiger partial charge on any atom is -0.380 e. The zero-order valence-electron chi connectivity index (χ0n) is 13.9. The van der Waals surface area contributed by atoms with Crippen molar-refractivity contribution in [3.63, 3.8) is 0 Å². The minimum absolute atomic E-state index is 0.00872. The maximum absolute atomic E-state index is 5.94. The third-order valence-corrected chi connectivity index (χ3v) is 3.73. The molecule has 0 aromatic heterocycles. The lowest BCUT2D eigenvalue weighted by molar-refractivity contribution is -0.204. The Kier molecular flexibility index (Phi) is 6.92. The van der Waals surface area contributed by atoms with Crippen LogP contribution in [0.4, 0.5) is 0 Å². The van der Waals surface area contributed by atoms with Crippen LogP contribution >= 0.6 is 0 Å². The second-order valence-corrected chi connectivity index (χ2v) is 7.70. The van der Waals surface area contributed by atoms with E-state index in [2.05, 4.69) is 34.6 Å². The van der Waals surface area contributed by atoms with E-state index < -0.39 is 0 Å². The zero-order valence-corrected chi connectivity index (χ0v) is 13.9. The van der Waals surface area contributed by atoms with Crippen molar-refractivity contribution in [2.45, 2.75) is 53.8 Å². The van der Waals surface area contributed by atoms with Gasteiger partial charge in [0.2, 0.25) is 0 Å². The first-order valence-corrected chi connectivity index (χ1v) is 7.77. The Morgan fingerprint density at radius 1 is 1.10 bits per heavy atom. The lowest BCUT2D eigenvalue weighted by Gasteiger charge is -2.33. The van der Waals surface area contributed by atoms with E-state index in [0.717, 1.165) is 13.0 Å². The van der Waals surface area contributed by atoms with Gasteiger partial charge in [-0.15, -0.1) is 0 Å². The monoisotopic (exact) mass is 287 g/mol. The summed E-state index contributed by atoms with van der Waals surface area (Å²) in [5, 5.41) is 0. The van der Waals surface area contributed by atoms with Gasteiger partial charge in [0, 0.05) is 23.4 Å². The molecule has 0 aromatic carbocycles. The van der Waals surface area contributed by atoms with Crippen LogP contribution in [0.5, 0.6) is 0 Å². The smallest absolute Gasteiger partial charge is 0.160 e. The maximum Gasteiger partial charge on any atom is 0.160 e. The highest BCUT2D eigenvalue weighted by Gasteiger charge is 2.27. The second kappa shape index (κ2) is 7.74. The first-order chi connectivity index (χ1) is 9.26. The molecular formula is C16H33NO3. The molecule has 0 radical (unpaired) electrons. The van der Waals surface area contributed by atoms with Crippen LogP contribution in [0.1, 0.15) is 47.5 Å². The van der Waals surface area contributed by atoms with Crippen molar-refractivity contribution in [3.8, 4) is 0 Å². The van der Waals surface area contributed by atoms with Crippen molar-refractivity contribution >= 4 is 0 Å². The quantitative estimate of drug-likeness (QED) is 0.746. The van der Waals surface area contributed by atoms with Crippen LogP contribution in [-0.2, 0) is 14.2 Å². The number of ether oxygens (including phenoxy) is 3. The van der Waals surface area contributed by atoms with E-state index in [1.807, 2.05) is 0 Å². The average Bonchev–Trinajstić information content (AvgIpc) is 2.37. The van der Waals surface area contributed by atoms with E-state index >= 15 is 0 Å². The van der Waals surface area contributed by atoms with Gasteiger partial charge in [0.25, 0.3) is 0 Å². The molecule has 1 heterocycles. The molecular weight excluding hydrogens is 254 g/mol. The van der Waals surface area contributed by atoms with Gasteiger partial charge in [-0.05, 0) is 19.4 Å². The molecule has 4 nitrogen and oxygen atoms in total. The molecule has 0 bridgehead atoms. The molecule has 2 atom stereocenters. The molecule has 0 spiro atoms. The van der Waals surface area contributed by atoms with Crippen molar-refractivity contribution < 1.29 is 14.2 Å². The molecule has 1 aliphatic heterocycles. The molecule has 1 fully saturated rings. The van der Waals surface area contributed by atoms with Crippen LogP contribution in [-0.4, -0.2) is 39.3 Å². The normalized spacial score (nSPS) is 24.9. The molecule has 1 rings (SSSR count). The number of hydrogen-bond donors (Lipinski definition) is 1. The van der Waals surface area contributed by atoms with Crippen LogP contribution in [0.2, 0.25) is 0 Å². The summed E-state index contributed by atoms with van der Waals surface area (Å²) in [6.45, 7) is 14.2. The third kappa shape index (κ3) is 6.53. The van der Waals surface area contributed by atoms with Gasteiger partial charge in [-0.25, -0.2) is 0 Å². The van der Waals surface area contributed by atoms with Crippen molar-refractivity contribution in [1.29, 1.82) is 0 Å². The summed E-state index contributed by atoms with van der Waals surface area (Å²) in [5.41, 5.74) is 5.74. The van der Waals surface area contributed by atoms with Crippen LogP contribution in [0.3, 0.4) is 0 Å². The summed E-state index contributed by atoms with van der Waals surface area (Å²) in [6, 6.07) is 0. The fourth-order valence-electron chi connectivity index (χ4n) is 2.13. The molecule has 1 saturated heterocycles. The van der Waals surface area contributed by atoms with Crippen molar-refractivity contribution in [2.24, 2.45) is 22.5 Å². The van der Waals surface area contributed by atoms with Crippen LogP contribution in [0.25, 0.3) is 0 Å². The Balaban J connectivity index is 2.26. The maximum atomic E-state index is 5.94. The summed E-state index contributed by atoms with van der Waals surface area (Å²) in [6.07, 6.45) is 2.28. The van der Waals surface area contributed by atoms with Gasteiger partial charge < -0.3 is 19.9 Å². The predicted molar refractivity (Wildman–Crippen MR) is 81.5 cm³/mol. The van der Waals surface area contributed by atoms with Gasteiger partial charge in [-0.1, -0.05) is 34.6 Å². The zero-order chi connectivity index (χ0) is 15.2. The topological polar surface area (TPSA) is 53.7 Å². The Bertz CT molecular complexity index is 279. The van der Waals surface area contributed by atoms with E-state index in [1.165, 1.54) is 6.42 Å². The second-order valence-electron chi connectivity index (χ2n) is 7.70. The number of rotatable bonds is 8. The van der Waals surface area contributed by atoms with E-state index in [4.69, 9.17) is 19.9 Å². The molecule has 1 unspecified atom stereocenters. The summed E-state index contributed by atoms with van der Waals surface area (Å²) in [4.78, 5) is 0. The molecule has 120 valence electrons. The van der Waals surface area contributed by atoms with Crippen LogP contribution < -0.4 is 5.73 Å². The van der Waals surface area contributed by atoms with Gasteiger partial charge >= 0.3 is 0 Å². The Labute approximate surface area is 124 Å². The summed E-state index contributed by atoms with van der Waals surface area (Å²) in [7, 11) is 0. The van der Waals surface area contributed by atoms with Crippen LogP contribution in [0, 0.1) is 16.7 Å². The van der Waals surface area contributed by atoms with E-state index in [9.17, 15) is 0 Å². The van der Waals surface area contributed by atoms with E-state index in [0.29, 0.717) is 32.3 Å². The molecule has 0 saturated carbocycles. The number of hydrogen-bond acceptors (Lipinski definition) is 4. The van der Waals surface area contributed by atoms with Crippen LogP contribution in [0.15, 0.2) is 0 Å². The standard InChI is InChI=1S/C16H33NO3/c1-13-7-6-8-19-14(13)20-12-16(4,5)11-18-10-15(2,3)9-17/h13-14H,6-12,17H2,1-5H3/t13-,14?/m1/s1. The molecule has 0 amide bonds. The highest BCUT2D eigenvalue weighted by Crippen LogP contribution is 2.25. The summed E-state index contributed by atoms with van der Waals surface area (Å²) < 4.78 is 17.4. The van der Waals surface area contributed by atoms with Gasteiger partial charge in [0.05, 0.1) is 19.8 Å². The lowest BCUT2D eigenvalue weighted by atomic mass is 9.94. The summed E-state index contributed by atoms with van der Waals surface area (Å²) in [5.74, 6) is 0.483. The van der Waals surface area contributed by atoms with E-state index in [-0.39, 0.29) is 17.1 Å². The van der Waals surface area contributed by atoms with Crippen molar-refractivity contribution in [3.05, 3.63) is 0 Å². The fraction of sp³-hybridized carbons (Fsp3) is 1.00. The predicted octanol–water partition coefficient (Wildman–Crippen LogP) is 2.80. The third-order valence-electron chi connectivity index (χ3n) is 3.73. The first kappa shape index (κ1) is 17.9. The average molecular weight is 287 g/mol. The Hall–Kier alpha value is -0.160. The van der Waals surface area contributed by atoms with Gasteiger partial charge in [-0.3, -0.25) is 0 Å². The Morgan fingerprint density at radius 2 is 1.75 bits per heavy atom. The highest BCUT2D eigenvalue weighted by molar-refractivity contribution is 4.72. The van der Waals surface area contributed by atoms with Gasteiger partial charge in [0.15, 0.2) is 6.29 Å². The largest absolute Gasteiger partial charge is 0.380 e. The Morgan fingerprint density at radius 3 is 2.35 bits per heavy atom. The van der Waals surface area contributed by atoms with Gasteiger partial charge in [-0.2, -0.15) is 0 Å². The molecule has 0 aromatic rings. The molecule has 20 heavy (non-hydrogen) atoms. The first-order valence-electron chi connectivity index (χ1n) is 7.77. The number of nitrogens with two attached hydrogens (primary N) is 1. The highest BCUT2D eigenvalue weighted by atomic mass is 16.7. The van der Waals surface area contributed by atoms with Crippen molar-refractivity contribution in [2.75, 3.05) is 33.0 Å². The molecule has 0 aliphatic carbocycles. The van der Waals surface area contributed by atoms with Crippen molar-refractivity contribution in [1.82, 2.24) is 0 Å². The molecule has 1 aliphatic rings.